The van der Waals surface area contributed by atoms with Crippen LogP contribution in [-0.4, -0.2) is 24.5 Å². The van der Waals surface area contributed by atoms with Crippen LogP contribution in [0.15, 0.2) is 0 Å². The molecule has 1 aliphatic heterocycles. The van der Waals surface area contributed by atoms with E-state index < -0.39 is 0 Å². The zero-order valence-electron chi connectivity index (χ0n) is 12.4. The number of amides is 1. The third-order valence-corrected chi connectivity index (χ3v) is 4.86. The lowest BCUT2D eigenvalue weighted by Crippen LogP contribution is -2.51. The molecule has 0 spiro atoms. The van der Waals surface area contributed by atoms with E-state index in [9.17, 15) is 4.79 Å². The Labute approximate surface area is 117 Å². The van der Waals surface area contributed by atoms with Crippen LogP contribution in [0.4, 0.5) is 0 Å². The second kappa shape index (κ2) is 7.88. The highest BCUT2D eigenvalue weighted by molar-refractivity contribution is 5.82. The molecule has 0 aromatic rings. The van der Waals surface area contributed by atoms with E-state index in [-0.39, 0.29) is 11.9 Å². The molecule has 3 nitrogen and oxygen atoms in total. The highest BCUT2D eigenvalue weighted by Gasteiger charge is 2.27. The van der Waals surface area contributed by atoms with Crippen molar-refractivity contribution in [1.82, 2.24) is 10.6 Å². The first-order valence-electron chi connectivity index (χ1n) is 8.33. The average Bonchev–Trinajstić information content (AvgIpc) is 2.41. The summed E-state index contributed by atoms with van der Waals surface area (Å²) in [4.78, 5) is 12.4. The quantitative estimate of drug-likeness (QED) is 0.824. The topological polar surface area (TPSA) is 41.1 Å². The fourth-order valence-corrected chi connectivity index (χ4v) is 3.47. The summed E-state index contributed by atoms with van der Waals surface area (Å²) in [5, 5.41) is 6.69. The van der Waals surface area contributed by atoms with Crippen molar-refractivity contribution in [2.45, 2.75) is 83.2 Å². The molecular formula is C16H30N2O. The molecule has 2 unspecified atom stereocenters. The molecule has 110 valence electrons. The molecule has 0 aromatic carbocycles. The maximum absolute atomic E-state index is 12.4. The molecule has 1 aliphatic carbocycles. The molecule has 1 saturated heterocycles. The fourth-order valence-electron chi connectivity index (χ4n) is 3.47. The van der Waals surface area contributed by atoms with E-state index in [2.05, 4.69) is 17.6 Å². The van der Waals surface area contributed by atoms with Crippen LogP contribution in [0.5, 0.6) is 0 Å². The first-order chi connectivity index (χ1) is 9.29. The molecule has 2 aliphatic rings. The van der Waals surface area contributed by atoms with Crippen molar-refractivity contribution in [1.29, 1.82) is 0 Å². The van der Waals surface area contributed by atoms with Gasteiger partial charge in [0, 0.05) is 6.04 Å². The van der Waals surface area contributed by atoms with Gasteiger partial charge in [0.1, 0.15) is 0 Å². The molecular weight excluding hydrogens is 236 g/mol. The predicted octanol–water partition coefficient (Wildman–Crippen LogP) is 2.99. The van der Waals surface area contributed by atoms with Crippen LogP contribution < -0.4 is 10.6 Å². The number of hydrogen-bond acceptors (Lipinski definition) is 2. The normalized spacial score (nSPS) is 30.4. The molecule has 2 N–H and O–H groups in total. The van der Waals surface area contributed by atoms with Crippen molar-refractivity contribution in [2.75, 3.05) is 6.54 Å². The zero-order chi connectivity index (χ0) is 13.5. The monoisotopic (exact) mass is 266 g/mol. The van der Waals surface area contributed by atoms with Crippen LogP contribution in [0.3, 0.4) is 0 Å². The number of piperidine rings is 1. The third kappa shape index (κ3) is 4.79. The summed E-state index contributed by atoms with van der Waals surface area (Å²) >= 11 is 0. The van der Waals surface area contributed by atoms with Crippen LogP contribution in [0.2, 0.25) is 0 Å². The van der Waals surface area contributed by atoms with Crippen molar-refractivity contribution in [3.8, 4) is 0 Å². The molecule has 1 saturated carbocycles. The van der Waals surface area contributed by atoms with Gasteiger partial charge in [0.25, 0.3) is 0 Å². The summed E-state index contributed by atoms with van der Waals surface area (Å²) < 4.78 is 0. The Bertz CT molecular complexity index is 272. The van der Waals surface area contributed by atoms with Gasteiger partial charge in [-0.1, -0.05) is 45.4 Å². The third-order valence-electron chi connectivity index (χ3n) is 4.86. The zero-order valence-corrected chi connectivity index (χ0v) is 12.4. The molecule has 0 radical (unpaired) electrons. The lowest BCUT2D eigenvalue weighted by Gasteiger charge is -2.30. The summed E-state index contributed by atoms with van der Waals surface area (Å²) in [6.07, 6.45) is 12.4. The van der Waals surface area contributed by atoms with E-state index >= 15 is 0 Å². The fraction of sp³-hybridized carbons (Fsp3) is 0.938. The highest BCUT2D eigenvalue weighted by atomic mass is 16.2. The molecule has 3 heteroatoms. The summed E-state index contributed by atoms with van der Waals surface area (Å²) in [7, 11) is 0. The van der Waals surface area contributed by atoms with Crippen molar-refractivity contribution >= 4 is 5.91 Å². The Balaban J connectivity index is 1.78. The molecule has 0 bridgehead atoms. The van der Waals surface area contributed by atoms with Crippen LogP contribution >= 0.6 is 0 Å². The SMILES string of the molecule is CCC1CCNC(C(=O)NC2CCCCCCC2)C1. The standard InChI is InChI=1S/C16H30N2O/c1-2-13-10-11-17-15(12-13)16(19)18-14-8-6-4-3-5-7-9-14/h13-15,17H,2-12H2,1H3,(H,18,19). The van der Waals surface area contributed by atoms with Crippen molar-refractivity contribution in [2.24, 2.45) is 5.92 Å². The Hall–Kier alpha value is -0.570. The molecule has 19 heavy (non-hydrogen) atoms. The van der Waals surface area contributed by atoms with E-state index in [1.165, 1.54) is 57.8 Å². The number of carbonyl (C=O) groups excluding carboxylic acids is 1. The molecule has 1 amide bonds. The first-order valence-corrected chi connectivity index (χ1v) is 8.33. The lowest BCUT2D eigenvalue weighted by molar-refractivity contribution is -0.124. The van der Waals surface area contributed by atoms with E-state index in [1.807, 2.05) is 0 Å². The van der Waals surface area contributed by atoms with Crippen molar-refractivity contribution in [3.05, 3.63) is 0 Å². The van der Waals surface area contributed by atoms with Crippen LogP contribution in [0, 0.1) is 5.92 Å². The van der Waals surface area contributed by atoms with Gasteiger partial charge < -0.3 is 10.6 Å². The predicted molar refractivity (Wildman–Crippen MR) is 79.1 cm³/mol. The van der Waals surface area contributed by atoms with Gasteiger partial charge >= 0.3 is 0 Å². The highest BCUT2D eigenvalue weighted by Crippen LogP contribution is 2.21. The molecule has 0 aromatic heterocycles. The minimum atomic E-state index is 0.0594. The largest absolute Gasteiger partial charge is 0.352 e. The Morgan fingerprint density at radius 1 is 1.11 bits per heavy atom. The van der Waals surface area contributed by atoms with Gasteiger partial charge in [-0.15, -0.1) is 0 Å². The van der Waals surface area contributed by atoms with E-state index in [1.54, 1.807) is 0 Å². The second-order valence-electron chi connectivity index (χ2n) is 6.36. The van der Waals surface area contributed by atoms with Crippen molar-refractivity contribution < 1.29 is 4.79 Å². The first kappa shape index (κ1) is 14.8. The maximum Gasteiger partial charge on any atom is 0.237 e. The van der Waals surface area contributed by atoms with Gasteiger partial charge in [-0.05, 0) is 38.1 Å². The van der Waals surface area contributed by atoms with Crippen LogP contribution in [-0.2, 0) is 4.79 Å². The Morgan fingerprint density at radius 3 is 2.47 bits per heavy atom. The minimum absolute atomic E-state index is 0.0594. The van der Waals surface area contributed by atoms with Gasteiger partial charge in [0.05, 0.1) is 6.04 Å². The van der Waals surface area contributed by atoms with Gasteiger partial charge in [-0.25, -0.2) is 0 Å². The number of hydrogen-bond donors (Lipinski definition) is 2. The van der Waals surface area contributed by atoms with Gasteiger partial charge in [0.2, 0.25) is 5.91 Å². The second-order valence-corrected chi connectivity index (χ2v) is 6.36. The van der Waals surface area contributed by atoms with Gasteiger partial charge in [0.15, 0.2) is 0 Å². The summed E-state index contributed by atoms with van der Waals surface area (Å²) in [6.45, 7) is 3.24. The average molecular weight is 266 g/mol. The van der Waals surface area contributed by atoms with E-state index in [0.717, 1.165) is 18.9 Å². The number of carbonyl (C=O) groups is 1. The van der Waals surface area contributed by atoms with Crippen molar-refractivity contribution in [3.63, 3.8) is 0 Å². The van der Waals surface area contributed by atoms with Crippen LogP contribution in [0.1, 0.15) is 71.1 Å². The van der Waals surface area contributed by atoms with E-state index in [0.29, 0.717) is 6.04 Å². The maximum atomic E-state index is 12.4. The van der Waals surface area contributed by atoms with E-state index in [4.69, 9.17) is 0 Å². The smallest absolute Gasteiger partial charge is 0.237 e. The molecule has 2 atom stereocenters. The Morgan fingerprint density at radius 2 is 1.79 bits per heavy atom. The lowest BCUT2D eigenvalue weighted by atomic mass is 9.89. The minimum Gasteiger partial charge on any atom is -0.352 e. The molecule has 1 heterocycles. The summed E-state index contributed by atoms with van der Waals surface area (Å²) in [5.41, 5.74) is 0. The molecule has 2 rings (SSSR count). The van der Waals surface area contributed by atoms with Crippen LogP contribution in [0.25, 0.3) is 0 Å². The summed E-state index contributed by atoms with van der Waals surface area (Å²) in [6, 6.07) is 0.487. The molecule has 2 fully saturated rings. The van der Waals surface area contributed by atoms with Gasteiger partial charge in [-0.3, -0.25) is 4.79 Å². The summed E-state index contributed by atoms with van der Waals surface area (Å²) in [5.74, 6) is 0.984. The number of nitrogens with one attached hydrogen (secondary N) is 2. The Kier molecular flexibility index (Phi) is 6.15. The van der Waals surface area contributed by atoms with Gasteiger partial charge in [-0.2, -0.15) is 0 Å². The number of rotatable bonds is 3.